The first kappa shape index (κ1) is 13.0. The van der Waals surface area contributed by atoms with E-state index < -0.39 is 5.51 Å². The van der Waals surface area contributed by atoms with E-state index in [1.54, 1.807) is 12.1 Å². The molecule has 1 aromatic rings. The summed E-state index contributed by atoms with van der Waals surface area (Å²) in [4.78, 5) is 0. The molecule has 0 unspecified atom stereocenters. The highest BCUT2D eigenvalue weighted by Gasteiger charge is 2.27. The molecule has 0 amide bonds. The maximum atomic E-state index is 11.8. The highest BCUT2D eigenvalue weighted by atomic mass is 32.2. The molecule has 0 spiro atoms. The molecule has 0 aromatic heterocycles. The summed E-state index contributed by atoms with van der Waals surface area (Å²) in [5.41, 5.74) is 3.84. The second-order valence-electron chi connectivity index (χ2n) is 3.29. The number of nitrogen functional groups attached to an aromatic ring is 1. The highest BCUT2D eigenvalue weighted by Crippen LogP contribution is 2.29. The van der Waals surface area contributed by atoms with Crippen molar-refractivity contribution in [1.29, 1.82) is 0 Å². The topological polar surface area (TPSA) is 38.0 Å². The number of rotatable bonds is 4. The van der Waals surface area contributed by atoms with Gasteiger partial charge in [-0.2, -0.15) is 13.2 Å². The molecule has 0 saturated heterocycles. The van der Waals surface area contributed by atoms with Crippen LogP contribution in [0.3, 0.4) is 0 Å². The number of hydrogen-bond acceptors (Lipinski definition) is 3. The normalized spacial score (nSPS) is 11.5. The predicted molar refractivity (Wildman–Crippen MR) is 62.6 cm³/mol. The van der Waals surface area contributed by atoms with E-state index in [9.17, 15) is 13.2 Å². The Morgan fingerprint density at radius 1 is 1.38 bits per heavy atom. The van der Waals surface area contributed by atoms with Crippen molar-refractivity contribution in [3.05, 3.63) is 23.8 Å². The smallest absolute Gasteiger partial charge is 0.399 e. The molecule has 0 heterocycles. The zero-order valence-electron chi connectivity index (χ0n) is 8.77. The highest BCUT2D eigenvalue weighted by molar-refractivity contribution is 8.00. The second-order valence-corrected chi connectivity index (χ2v) is 4.45. The van der Waals surface area contributed by atoms with Crippen LogP contribution in [0.2, 0.25) is 0 Å². The van der Waals surface area contributed by atoms with Crippen LogP contribution in [-0.4, -0.2) is 17.8 Å². The Morgan fingerprint density at radius 3 is 2.62 bits per heavy atom. The van der Waals surface area contributed by atoms with Crippen molar-refractivity contribution in [1.82, 2.24) is 0 Å². The molecule has 2 nitrogen and oxygen atoms in total. The molecule has 0 fully saturated rings. The van der Waals surface area contributed by atoms with Crippen LogP contribution in [0.25, 0.3) is 0 Å². The van der Waals surface area contributed by atoms with Gasteiger partial charge in [-0.05, 0) is 42.4 Å². The van der Waals surface area contributed by atoms with Crippen LogP contribution in [0.15, 0.2) is 18.2 Å². The van der Waals surface area contributed by atoms with Crippen LogP contribution in [0.5, 0.6) is 0 Å². The summed E-state index contributed by atoms with van der Waals surface area (Å²) in [5, 5.41) is 2.91. The number of alkyl halides is 3. The summed E-state index contributed by atoms with van der Waals surface area (Å²) in [7, 11) is 0. The minimum absolute atomic E-state index is 0.00702. The minimum Gasteiger partial charge on any atom is -0.399 e. The van der Waals surface area contributed by atoms with Crippen molar-refractivity contribution in [2.45, 2.75) is 12.4 Å². The van der Waals surface area contributed by atoms with Gasteiger partial charge in [0.25, 0.3) is 0 Å². The first-order valence-electron chi connectivity index (χ1n) is 4.69. The lowest BCUT2D eigenvalue weighted by atomic mass is 10.2. The molecule has 16 heavy (non-hydrogen) atoms. The van der Waals surface area contributed by atoms with Crippen LogP contribution in [0.1, 0.15) is 5.56 Å². The van der Waals surface area contributed by atoms with E-state index in [0.29, 0.717) is 5.69 Å². The number of halogens is 3. The molecule has 0 aliphatic carbocycles. The Labute approximate surface area is 96.4 Å². The number of benzene rings is 1. The lowest BCUT2D eigenvalue weighted by Crippen LogP contribution is -2.09. The summed E-state index contributed by atoms with van der Waals surface area (Å²) < 4.78 is 35.5. The molecular weight excluding hydrogens is 237 g/mol. The molecule has 3 N–H and O–H groups in total. The van der Waals surface area contributed by atoms with Gasteiger partial charge >= 0.3 is 5.51 Å². The molecule has 0 aliphatic rings. The Hall–Kier alpha value is -1.04. The Kier molecular flexibility index (Phi) is 4.35. The van der Waals surface area contributed by atoms with Gasteiger partial charge in [-0.3, -0.25) is 0 Å². The average Bonchev–Trinajstić information content (AvgIpc) is 2.17. The summed E-state index contributed by atoms with van der Waals surface area (Å²) in [6.45, 7) is 2.12. The maximum absolute atomic E-state index is 11.8. The van der Waals surface area contributed by atoms with E-state index in [1.165, 1.54) is 0 Å². The third kappa shape index (κ3) is 4.65. The average molecular weight is 250 g/mol. The molecule has 0 atom stereocenters. The quantitative estimate of drug-likeness (QED) is 0.636. The summed E-state index contributed by atoms with van der Waals surface area (Å²) in [6, 6.07) is 5.29. The fraction of sp³-hybridized carbons (Fsp3) is 0.400. The summed E-state index contributed by atoms with van der Waals surface area (Å²) in [5.74, 6) is -0.00702. The van der Waals surface area contributed by atoms with Gasteiger partial charge in [0, 0.05) is 23.7 Å². The molecule has 0 bridgehead atoms. The van der Waals surface area contributed by atoms with Gasteiger partial charge in [0.15, 0.2) is 0 Å². The van der Waals surface area contributed by atoms with Crippen molar-refractivity contribution in [2.75, 3.05) is 23.3 Å². The molecule has 0 aliphatic heterocycles. The van der Waals surface area contributed by atoms with Gasteiger partial charge < -0.3 is 11.1 Å². The molecule has 6 heteroatoms. The second kappa shape index (κ2) is 5.34. The molecule has 90 valence electrons. The van der Waals surface area contributed by atoms with Crippen molar-refractivity contribution in [3.63, 3.8) is 0 Å². The molecular formula is C10H13F3N2S. The minimum atomic E-state index is -4.15. The lowest BCUT2D eigenvalue weighted by molar-refractivity contribution is -0.0327. The van der Waals surface area contributed by atoms with Crippen molar-refractivity contribution in [3.8, 4) is 0 Å². The third-order valence-electron chi connectivity index (χ3n) is 1.97. The number of nitrogens with one attached hydrogen (secondary N) is 1. The van der Waals surface area contributed by atoms with Crippen molar-refractivity contribution in [2.24, 2.45) is 0 Å². The van der Waals surface area contributed by atoms with Crippen LogP contribution in [0.4, 0.5) is 24.5 Å². The van der Waals surface area contributed by atoms with Gasteiger partial charge in [-0.25, -0.2) is 0 Å². The molecule has 1 rings (SSSR count). The van der Waals surface area contributed by atoms with Crippen LogP contribution < -0.4 is 11.1 Å². The molecule has 1 aromatic carbocycles. The Bertz CT molecular complexity index is 352. The predicted octanol–water partition coefficient (Wildman–Crippen LogP) is 3.24. The fourth-order valence-corrected chi connectivity index (χ4v) is 1.58. The van der Waals surface area contributed by atoms with Crippen molar-refractivity contribution >= 4 is 23.1 Å². The van der Waals surface area contributed by atoms with Gasteiger partial charge in [-0.15, -0.1) is 0 Å². The molecule has 0 radical (unpaired) electrons. The molecule has 0 saturated carbocycles. The summed E-state index contributed by atoms with van der Waals surface area (Å²) in [6.07, 6.45) is 0. The van der Waals surface area contributed by atoms with Crippen LogP contribution in [-0.2, 0) is 0 Å². The van der Waals surface area contributed by atoms with E-state index in [4.69, 9.17) is 5.73 Å². The van der Waals surface area contributed by atoms with Gasteiger partial charge in [0.1, 0.15) is 0 Å². The van der Waals surface area contributed by atoms with Crippen LogP contribution >= 0.6 is 11.8 Å². The maximum Gasteiger partial charge on any atom is 0.441 e. The van der Waals surface area contributed by atoms with Crippen molar-refractivity contribution < 1.29 is 13.2 Å². The summed E-state index contributed by atoms with van der Waals surface area (Å²) >= 11 is -0.0270. The number of nitrogens with two attached hydrogens (primary N) is 1. The largest absolute Gasteiger partial charge is 0.441 e. The van der Waals surface area contributed by atoms with Gasteiger partial charge in [0.05, 0.1) is 0 Å². The Balaban J connectivity index is 2.35. The van der Waals surface area contributed by atoms with E-state index in [1.807, 2.05) is 13.0 Å². The zero-order valence-corrected chi connectivity index (χ0v) is 9.58. The number of hydrogen-bond donors (Lipinski definition) is 2. The Morgan fingerprint density at radius 2 is 2.06 bits per heavy atom. The first-order chi connectivity index (χ1) is 7.38. The lowest BCUT2D eigenvalue weighted by Gasteiger charge is -2.09. The van der Waals surface area contributed by atoms with E-state index in [-0.39, 0.29) is 24.1 Å². The number of aryl methyl sites for hydroxylation is 1. The SMILES string of the molecule is Cc1cc(NCCSC(F)(F)F)ccc1N. The fourth-order valence-electron chi connectivity index (χ4n) is 1.15. The van der Waals surface area contributed by atoms with E-state index in [0.717, 1.165) is 11.3 Å². The number of thioether (sulfide) groups is 1. The third-order valence-corrected chi connectivity index (χ3v) is 2.70. The first-order valence-corrected chi connectivity index (χ1v) is 5.68. The standard InChI is InChI=1S/C10H13F3N2S/c1-7-6-8(2-3-9(7)14)15-4-5-16-10(11,12)13/h2-3,6,15H,4-5,14H2,1H3. The van der Waals surface area contributed by atoms with Gasteiger partial charge in [0.2, 0.25) is 0 Å². The monoisotopic (exact) mass is 250 g/mol. The van der Waals surface area contributed by atoms with Gasteiger partial charge in [-0.1, -0.05) is 0 Å². The number of anilines is 2. The van der Waals surface area contributed by atoms with Crippen LogP contribution in [0, 0.1) is 6.92 Å². The van der Waals surface area contributed by atoms with E-state index in [2.05, 4.69) is 5.32 Å². The van der Waals surface area contributed by atoms with E-state index >= 15 is 0 Å². The zero-order chi connectivity index (χ0) is 12.2.